The largest absolute Gasteiger partial charge is 0.492 e. The van der Waals surface area contributed by atoms with Crippen molar-refractivity contribution in [1.82, 2.24) is 14.8 Å². The van der Waals surface area contributed by atoms with Crippen LogP contribution in [0.4, 0.5) is 5.95 Å². The molecular weight excluding hydrogens is 412 g/mol. The molecule has 4 rings (SSSR count). The van der Waals surface area contributed by atoms with Gasteiger partial charge in [0.1, 0.15) is 11.5 Å². The van der Waals surface area contributed by atoms with Gasteiger partial charge in [0.25, 0.3) is 0 Å². The number of aromatic nitrogens is 3. The van der Waals surface area contributed by atoms with E-state index in [1.165, 1.54) is 12.8 Å². The Labute approximate surface area is 186 Å². The van der Waals surface area contributed by atoms with Crippen LogP contribution in [0.2, 0.25) is 0 Å². The lowest BCUT2D eigenvalue weighted by Gasteiger charge is -2.31. The molecular formula is C23H28N4O3S. The Balaban J connectivity index is 1.44. The lowest BCUT2D eigenvalue weighted by atomic mass is 10.0. The van der Waals surface area contributed by atoms with E-state index in [-0.39, 0.29) is 5.78 Å². The first kappa shape index (κ1) is 21.5. The third-order valence-electron chi connectivity index (χ3n) is 5.37. The van der Waals surface area contributed by atoms with E-state index in [0.717, 1.165) is 30.0 Å². The van der Waals surface area contributed by atoms with Crippen LogP contribution in [0, 0.1) is 5.92 Å². The fourth-order valence-electron chi connectivity index (χ4n) is 3.86. The first-order chi connectivity index (χ1) is 15.1. The summed E-state index contributed by atoms with van der Waals surface area (Å²) < 4.78 is 13.6. The molecule has 7 nitrogen and oxygen atoms in total. The number of nitrogens with zero attached hydrogens (tertiary/aromatic N) is 4. The molecule has 1 fully saturated rings. The minimum Gasteiger partial charge on any atom is -0.492 e. The lowest BCUT2D eigenvalue weighted by molar-refractivity contribution is 0.101. The highest BCUT2D eigenvalue weighted by molar-refractivity contribution is 7.99. The number of rotatable bonds is 9. The van der Waals surface area contributed by atoms with Crippen LogP contribution in [-0.4, -0.2) is 46.0 Å². The zero-order valence-corrected chi connectivity index (χ0v) is 18.8. The number of para-hydroxylation sites is 1. The molecule has 0 amide bonds. The molecule has 164 valence electrons. The molecule has 0 saturated carbocycles. The third-order valence-corrected chi connectivity index (χ3v) is 6.30. The second-order valence-corrected chi connectivity index (χ2v) is 8.95. The van der Waals surface area contributed by atoms with Gasteiger partial charge in [-0.3, -0.25) is 9.36 Å². The molecule has 1 saturated heterocycles. The molecule has 31 heavy (non-hydrogen) atoms. The van der Waals surface area contributed by atoms with Gasteiger partial charge in [-0.05, 0) is 49.9 Å². The Kier molecular flexibility index (Phi) is 6.96. The van der Waals surface area contributed by atoms with Crippen molar-refractivity contribution >= 4 is 23.5 Å². The normalized spacial score (nSPS) is 16.5. The van der Waals surface area contributed by atoms with Crippen LogP contribution in [0.3, 0.4) is 0 Å². The van der Waals surface area contributed by atoms with E-state index in [1.807, 2.05) is 30.3 Å². The van der Waals surface area contributed by atoms with Gasteiger partial charge in [0, 0.05) is 18.8 Å². The van der Waals surface area contributed by atoms with Crippen molar-refractivity contribution in [2.45, 2.75) is 38.4 Å². The fraction of sp³-hybridized carbons (Fsp3) is 0.435. The Morgan fingerprint density at radius 1 is 1.26 bits per heavy atom. The van der Waals surface area contributed by atoms with Crippen molar-refractivity contribution < 1.29 is 13.9 Å². The number of ketones is 1. The number of hydrogen-bond donors (Lipinski definition) is 0. The minimum atomic E-state index is 0.00171. The number of hydrogen-bond acceptors (Lipinski definition) is 7. The molecule has 1 aliphatic heterocycles. The molecule has 1 aliphatic rings. The maximum Gasteiger partial charge on any atom is 0.228 e. The summed E-state index contributed by atoms with van der Waals surface area (Å²) in [4.78, 5) is 14.1. The summed E-state index contributed by atoms with van der Waals surface area (Å²) in [6, 6.07) is 11.2. The summed E-state index contributed by atoms with van der Waals surface area (Å²) >= 11 is 1.60. The van der Waals surface area contributed by atoms with Crippen molar-refractivity contribution in [2.24, 2.45) is 5.92 Å². The minimum absolute atomic E-state index is 0.00171. The second kappa shape index (κ2) is 10.0. The molecule has 0 radical (unpaired) electrons. The number of piperidine rings is 1. The number of thioether (sulfide) groups is 1. The average molecular weight is 441 g/mol. The van der Waals surface area contributed by atoms with E-state index < -0.39 is 0 Å². The van der Waals surface area contributed by atoms with E-state index >= 15 is 0 Å². The van der Waals surface area contributed by atoms with Gasteiger partial charge < -0.3 is 14.1 Å². The van der Waals surface area contributed by atoms with Gasteiger partial charge in [0.05, 0.1) is 25.0 Å². The Morgan fingerprint density at radius 2 is 2.13 bits per heavy atom. The molecule has 3 heterocycles. The molecule has 1 atom stereocenters. The van der Waals surface area contributed by atoms with E-state index in [1.54, 1.807) is 31.0 Å². The maximum absolute atomic E-state index is 11.8. The number of Topliss-reactive ketones (excluding diaryl/α,β-unsaturated/α-hetero) is 1. The highest BCUT2D eigenvalue weighted by Crippen LogP contribution is 2.27. The molecule has 8 heteroatoms. The SMILES string of the molecule is CC(=O)c1ccccc1OCCSc1nnc(N2CCC[C@@H](C)C2)n1Cc1ccco1. The van der Waals surface area contributed by atoms with E-state index in [4.69, 9.17) is 9.15 Å². The topological polar surface area (TPSA) is 73.4 Å². The van der Waals surface area contributed by atoms with Crippen LogP contribution >= 0.6 is 11.8 Å². The molecule has 0 bridgehead atoms. The number of ether oxygens (including phenoxy) is 1. The molecule has 0 aliphatic carbocycles. The van der Waals surface area contributed by atoms with Gasteiger partial charge in [-0.25, -0.2) is 0 Å². The van der Waals surface area contributed by atoms with Crippen LogP contribution in [0.1, 0.15) is 42.8 Å². The predicted molar refractivity (Wildman–Crippen MR) is 121 cm³/mol. The van der Waals surface area contributed by atoms with Crippen molar-refractivity contribution in [3.05, 3.63) is 54.0 Å². The van der Waals surface area contributed by atoms with Crippen molar-refractivity contribution in [1.29, 1.82) is 0 Å². The predicted octanol–water partition coefficient (Wildman–Crippen LogP) is 4.53. The number of carbonyl (C=O) groups excluding carboxylic acids is 1. The van der Waals surface area contributed by atoms with Crippen LogP contribution in [0.25, 0.3) is 0 Å². The van der Waals surface area contributed by atoms with Gasteiger partial charge >= 0.3 is 0 Å². The van der Waals surface area contributed by atoms with Gasteiger partial charge in [-0.2, -0.15) is 0 Å². The Hall–Kier alpha value is -2.74. The van der Waals surface area contributed by atoms with E-state index in [0.29, 0.717) is 36.1 Å². The summed E-state index contributed by atoms with van der Waals surface area (Å²) in [5, 5.41) is 9.83. The smallest absolute Gasteiger partial charge is 0.228 e. The summed E-state index contributed by atoms with van der Waals surface area (Å²) in [6.45, 7) is 6.89. The molecule has 2 aromatic heterocycles. The molecule has 0 N–H and O–H groups in total. The number of carbonyl (C=O) groups is 1. The monoisotopic (exact) mass is 440 g/mol. The highest BCUT2D eigenvalue weighted by Gasteiger charge is 2.23. The summed E-state index contributed by atoms with van der Waals surface area (Å²) in [5.74, 6) is 3.73. The summed E-state index contributed by atoms with van der Waals surface area (Å²) in [5.41, 5.74) is 0.606. The van der Waals surface area contributed by atoms with Crippen molar-refractivity contribution in [3.63, 3.8) is 0 Å². The van der Waals surface area contributed by atoms with Crippen molar-refractivity contribution in [2.75, 3.05) is 30.3 Å². The highest BCUT2D eigenvalue weighted by atomic mass is 32.2. The van der Waals surface area contributed by atoms with Gasteiger partial charge in [0.15, 0.2) is 10.9 Å². The number of anilines is 1. The second-order valence-electron chi connectivity index (χ2n) is 7.89. The fourth-order valence-corrected chi connectivity index (χ4v) is 4.61. The average Bonchev–Trinajstić information content (AvgIpc) is 3.42. The lowest BCUT2D eigenvalue weighted by Crippen LogP contribution is -2.36. The summed E-state index contributed by atoms with van der Waals surface area (Å²) in [6.07, 6.45) is 4.11. The number of furan rings is 1. The van der Waals surface area contributed by atoms with Crippen molar-refractivity contribution in [3.8, 4) is 5.75 Å². The van der Waals surface area contributed by atoms with E-state index in [9.17, 15) is 4.79 Å². The Bertz CT molecular complexity index is 1000. The van der Waals surface area contributed by atoms with Gasteiger partial charge in [-0.15, -0.1) is 10.2 Å². The molecule has 0 unspecified atom stereocenters. The van der Waals surface area contributed by atoms with Crippen LogP contribution in [0.5, 0.6) is 5.75 Å². The third kappa shape index (κ3) is 5.31. The molecule has 1 aromatic carbocycles. The summed E-state index contributed by atoms with van der Waals surface area (Å²) in [7, 11) is 0. The Morgan fingerprint density at radius 3 is 2.90 bits per heavy atom. The zero-order valence-electron chi connectivity index (χ0n) is 18.0. The molecule has 3 aromatic rings. The van der Waals surface area contributed by atoms with Gasteiger partial charge in [0.2, 0.25) is 5.95 Å². The van der Waals surface area contributed by atoms with Gasteiger partial charge in [-0.1, -0.05) is 30.8 Å². The maximum atomic E-state index is 11.8. The standard InChI is InChI=1S/C23H28N4O3S/c1-17-7-5-11-26(15-17)22-24-25-23(27(22)16-19-8-6-12-29-19)31-14-13-30-21-10-4-3-9-20(21)18(2)28/h3-4,6,8-10,12,17H,5,7,11,13-16H2,1-2H3/t17-/m1/s1. The first-order valence-electron chi connectivity index (χ1n) is 10.7. The van der Waals surface area contributed by atoms with Crippen LogP contribution in [-0.2, 0) is 6.54 Å². The quantitative estimate of drug-likeness (QED) is 0.275. The molecule has 0 spiro atoms. The zero-order chi connectivity index (χ0) is 21.6. The van der Waals surface area contributed by atoms with Crippen LogP contribution in [0.15, 0.2) is 52.2 Å². The first-order valence-corrected chi connectivity index (χ1v) is 11.7. The van der Waals surface area contributed by atoms with E-state index in [2.05, 4.69) is 26.6 Å². The van der Waals surface area contributed by atoms with Crippen LogP contribution < -0.4 is 9.64 Å². The number of benzene rings is 1.